The Morgan fingerprint density at radius 3 is 2.12 bits per heavy atom. The molecule has 3 nitrogen and oxygen atoms in total. The van der Waals surface area contributed by atoms with Crippen molar-refractivity contribution in [2.24, 2.45) is 0 Å². The quantitative estimate of drug-likeness (QED) is 0.504. The van der Waals surface area contributed by atoms with Crippen LogP contribution >= 0.6 is 0 Å². The Morgan fingerprint density at radius 1 is 1.00 bits per heavy atom. The fourth-order valence-electron chi connectivity index (χ4n) is 2.52. The second-order valence-corrected chi connectivity index (χ2v) is 6.04. The van der Waals surface area contributed by atoms with Gasteiger partial charge in [-0.25, -0.2) is 0 Å². The number of esters is 1. The molecule has 0 fully saturated rings. The van der Waals surface area contributed by atoms with Crippen LogP contribution in [-0.2, 0) is 16.0 Å². The van der Waals surface area contributed by atoms with E-state index >= 15 is 0 Å². The Kier molecular flexibility index (Phi) is 7.01. The van der Waals surface area contributed by atoms with Gasteiger partial charge in [0.15, 0.2) is 0 Å². The summed E-state index contributed by atoms with van der Waals surface area (Å²) >= 11 is 0. The van der Waals surface area contributed by atoms with E-state index in [-0.39, 0.29) is 5.97 Å². The van der Waals surface area contributed by atoms with E-state index in [9.17, 15) is 4.79 Å². The first-order valence-electron chi connectivity index (χ1n) is 8.58. The number of carbonyl (C=O) groups is 1. The largest absolute Gasteiger partial charge is 0.427 e. The molecule has 1 unspecified atom stereocenters. The molecule has 0 radical (unpaired) electrons. The highest BCUT2D eigenvalue weighted by atomic mass is 16.5. The van der Waals surface area contributed by atoms with Crippen LogP contribution in [0.4, 0.5) is 0 Å². The average molecular weight is 326 g/mol. The molecule has 0 saturated heterocycles. The Bertz CT molecular complexity index is 629. The van der Waals surface area contributed by atoms with Crippen LogP contribution in [0.1, 0.15) is 39.2 Å². The van der Waals surface area contributed by atoms with Gasteiger partial charge in [-0.3, -0.25) is 4.79 Å². The maximum absolute atomic E-state index is 10.9. The van der Waals surface area contributed by atoms with Gasteiger partial charge in [-0.15, -0.1) is 0 Å². The van der Waals surface area contributed by atoms with Crippen molar-refractivity contribution in [2.45, 2.75) is 46.1 Å². The molecule has 2 aromatic rings. The van der Waals surface area contributed by atoms with Crippen molar-refractivity contribution in [3.05, 3.63) is 54.1 Å². The standard InChI is InChI=1S/C21H26O3/c1-4-15-23-16(2)5-6-18-7-9-19(10-8-18)20-11-13-21(14-12-20)24-17(3)22/h7-14,16H,4-6,15H2,1-3H3. The summed E-state index contributed by atoms with van der Waals surface area (Å²) < 4.78 is 10.8. The number of hydrogen-bond acceptors (Lipinski definition) is 3. The van der Waals surface area contributed by atoms with Crippen LogP contribution in [0.3, 0.4) is 0 Å². The van der Waals surface area contributed by atoms with Crippen LogP contribution in [0.25, 0.3) is 11.1 Å². The topological polar surface area (TPSA) is 35.5 Å². The molecule has 0 saturated carbocycles. The Balaban J connectivity index is 1.92. The lowest BCUT2D eigenvalue weighted by molar-refractivity contribution is -0.131. The highest BCUT2D eigenvalue weighted by molar-refractivity contribution is 5.70. The Labute approximate surface area is 144 Å². The van der Waals surface area contributed by atoms with Crippen molar-refractivity contribution in [2.75, 3.05) is 6.61 Å². The molecule has 2 aromatic carbocycles. The third kappa shape index (κ3) is 5.82. The normalized spacial score (nSPS) is 12.0. The van der Waals surface area contributed by atoms with E-state index in [4.69, 9.17) is 9.47 Å². The van der Waals surface area contributed by atoms with E-state index in [1.165, 1.54) is 12.5 Å². The van der Waals surface area contributed by atoms with E-state index in [1.807, 2.05) is 24.3 Å². The van der Waals surface area contributed by atoms with Gasteiger partial charge in [0.1, 0.15) is 5.75 Å². The summed E-state index contributed by atoms with van der Waals surface area (Å²) in [6.45, 7) is 6.50. The summed E-state index contributed by atoms with van der Waals surface area (Å²) in [5, 5.41) is 0. The van der Waals surface area contributed by atoms with Gasteiger partial charge in [-0.1, -0.05) is 43.3 Å². The number of rotatable bonds is 8. The summed E-state index contributed by atoms with van der Waals surface area (Å²) in [5.74, 6) is 0.271. The maximum atomic E-state index is 10.9. The van der Waals surface area contributed by atoms with Crippen LogP contribution in [0.2, 0.25) is 0 Å². The fourth-order valence-corrected chi connectivity index (χ4v) is 2.52. The highest BCUT2D eigenvalue weighted by Crippen LogP contribution is 2.23. The van der Waals surface area contributed by atoms with Gasteiger partial charge in [0, 0.05) is 13.5 Å². The molecule has 2 rings (SSSR count). The lowest BCUT2D eigenvalue weighted by atomic mass is 10.0. The van der Waals surface area contributed by atoms with Crippen LogP contribution in [0.15, 0.2) is 48.5 Å². The summed E-state index contributed by atoms with van der Waals surface area (Å²) in [6, 6.07) is 16.2. The smallest absolute Gasteiger partial charge is 0.308 e. The SMILES string of the molecule is CCCOC(C)CCc1ccc(-c2ccc(OC(C)=O)cc2)cc1. The van der Waals surface area contributed by atoms with Gasteiger partial charge in [0.05, 0.1) is 6.10 Å². The van der Waals surface area contributed by atoms with E-state index in [0.717, 1.165) is 37.0 Å². The van der Waals surface area contributed by atoms with E-state index in [1.54, 1.807) is 0 Å². The predicted molar refractivity (Wildman–Crippen MR) is 97.2 cm³/mol. The Morgan fingerprint density at radius 2 is 1.58 bits per heavy atom. The minimum atomic E-state index is -0.302. The first kappa shape index (κ1) is 18.2. The number of aryl methyl sites for hydroxylation is 1. The van der Waals surface area contributed by atoms with Gasteiger partial charge in [0.2, 0.25) is 0 Å². The lowest BCUT2D eigenvalue weighted by Crippen LogP contribution is -2.09. The van der Waals surface area contributed by atoms with E-state index < -0.39 is 0 Å². The number of carbonyl (C=O) groups excluding carboxylic acids is 1. The third-order valence-corrected chi connectivity index (χ3v) is 3.85. The molecule has 0 aliphatic heterocycles. The average Bonchev–Trinajstić information content (AvgIpc) is 2.59. The summed E-state index contributed by atoms with van der Waals surface area (Å²) in [6.07, 6.45) is 3.43. The van der Waals surface area contributed by atoms with Crippen LogP contribution in [-0.4, -0.2) is 18.7 Å². The van der Waals surface area contributed by atoms with Gasteiger partial charge < -0.3 is 9.47 Å². The third-order valence-electron chi connectivity index (χ3n) is 3.85. The maximum Gasteiger partial charge on any atom is 0.308 e. The van der Waals surface area contributed by atoms with Crippen molar-refractivity contribution in [3.8, 4) is 16.9 Å². The van der Waals surface area contributed by atoms with Crippen molar-refractivity contribution in [1.82, 2.24) is 0 Å². The lowest BCUT2D eigenvalue weighted by Gasteiger charge is -2.12. The molecule has 0 aliphatic carbocycles. The second-order valence-electron chi connectivity index (χ2n) is 6.04. The molecule has 0 aromatic heterocycles. The van der Waals surface area contributed by atoms with Crippen LogP contribution < -0.4 is 4.74 Å². The molecule has 0 amide bonds. The molecular formula is C21H26O3. The molecule has 128 valence electrons. The van der Waals surface area contributed by atoms with Gasteiger partial charge in [0.25, 0.3) is 0 Å². The zero-order valence-corrected chi connectivity index (χ0v) is 14.7. The van der Waals surface area contributed by atoms with Gasteiger partial charge >= 0.3 is 5.97 Å². The molecule has 0 aliphatic rings. The van der Waals surface area contributed by atoms with Crippen molar-refractivity contribution in [3.63, 3.8) is 0 Å². The summed E-state index contributed by atoms with van der Waals surface area (Å²) in [7, 11) is 0. The number of ether oxygens (including phenoxy) is 2. The minimum Gasteiger partial charge on any atom is -0.427 e. The minimum absolute atomic E-state index is 0.302. The second kappa shape index (κ2) is 9.24. The Hall–Kier alpha value is -2.13. The van der Waals surface area contributed by atoms with E-state index in [0.29, 0.717) is 11.9 Å². The molecule has 0 N–H and O–H groups in total. The molecule has 24 heavy (non-hydrogen) atoms. The van der Waals surface area contributed by atoms with E-state index in [2.05, 4.69) is 38.1 Å². The fraction of sp³-hybridized carbons (Fsp3) is 0.381. The number of hydrogen-bond donors (Lipinski definition) is 0. The summed E-state index contributed by atoms with van der Waals surface area (Å²) in [5.41, 5.74) is 3.59. The van der Waals surface area contributed by atoms with Crippen LogP contribution in [0, 0.1) is 0 Å². The number of benzene rings is 2. The van der Waals surface area contributed by atoms with Crippen molar-refractivity contribution >= 4 is 5.97 Å². The molecule has 3 heteroatoms. The summed E-state index contributed by atoms with van der Waals surface area (Å²) in [4.78, 5) is 10.9. The molecule has 0 heterocycles. The molecule has 0 spiro atoms. The zero-order chi connectivity index (χ0) is 17.4. The first-order valence-corrected chi connectivity index (χ1v) is 8.58. The monoisotopic (exact) mass is 326 g/mol. The molecule has 1 atom stereocenters. The molecule has 0 bridgehead atoms. The van der Waals surface area contributed by atoms with Crippen molar-refractivity contribution < 1.29 is 14.3 Å². The van der Waals surface area contributed by atoms with Gasteiger partial charge in [-0.05, 0) is 55.0 Å². The molecular weight excluding hydrogens is 300 g/mol. The predicted octanol–water partition coefficient (Wildman–Crippen LogP) is 5.03. The zero-order valence-electron chi connectivity index (χ0n) is 14.7. The highest BCUT2D eigenvalue weighted by Gasteiger charge is 2.04. The first-order chi connectivity index (χ1) is 11.6. The van der Waals surface area contributed by atoms with Crippen molar-refractivity contribution in [1.29, 1.82) is 0 Å². The van der Waals surface area contributed by atoms with Crippen LogP contribution in [0.5, 0.6) is 5.75 Å². The van der Waals surface area contributed by atoms with Gasteiger partial charge in [-0.2, -0.15) is 0 Å².